The van der Waals surface area contributed by atoms with Crippen LogP contribution in [-0.4, -0.2) is 15.0 Å². The Morgan fingerprint density at radius 2 is 1.88 bits per heavy atom. The maximum atomic E-state index is 5.70. The molecule has 0 aliphatic heterocycles. The minimum absolute atomic E-state index is 0.142. The van der Waals surface area contributed by atoms with Crippen molar-refractivity contribution in [2.75, 3.05) is 0 Å². The summed E-state index contributed by atoms with van der Waals surface area (Å²) in [5.41, 5.74) is 0.780. The third kappa shape index (κ3) is 3.05. The molecule has 0 atom stereocenters. The number of rotatable bonds is 3. The van der Waals surface area contributed by atoms with Crippen LogP contribution in [0.15, 0.2) is 30.5 Å². The van der Waals surface area contributed by atoms with Gasteiger partial charge in [0.25, 0.3) is 0 Å². The number of hydrogen-bond donors (Lipinski definition) is 0. The first-order valence-corrected chi connectivity index (χ1v) is 5.22. The Morgan fingerprint density at radius 3 is 2.50 bits per heavy atom. The van der Waals surface area contributed by atoms with E-state index in [2.05, 4.69) is 15.0 Å². The Balaban J connectivity index is 2.05. The number of pyridine rings is 1. The van der Waals surface area contributed by atoms with E-state index in [1.165, 1.54) is 6.07 Å². The summed E-state index contributed by atoms with van der Waals surface area (Å²) in [5.74, 6) is 0. The highest BCUT2D eigenvalue weighted by Crippen LogP contribution is 2.16. The van der Waals surface area contributed by atoms with Crippen LogP contribution in [0, 0.1) is 0 Å². The van der Waals surface area contributed by atoms with Gasteiger partial charge in [-0.05, 0) is 12.1 Å². The van der Waals surface area contributed by atoms with Crippen molar-refractivity contribution in [1.29, 1.82) is 0 Å². The van der Waals surface area contributed by atoms with E-state index in [-0.39, 0.29) is 22.9 Å². The predicted octanol–water partition coefficient (Wildman–Crippen LogP) is 2.76. The second-order valence-corrected chi connectivity index (χ2v) is 3.68. The number of hydrogen-bond acceptors (Lipinski definition) is 4. The van der Waals surface area contributed by atoms with Gasteiger partial charge in [0.15, 0.2) is 0 Å². The van der Waals surface area contributed by atoms with Crippen molar-refractivity contribution in [2.45, 2.75) is 6.61 Å². The summed E-state index contributed by atoms with van der Waals surface area (Å²) >= 11 is 11.4. The van der Waals surface area contributed by atoms with Gasteiger partial charge in [-0.1, -0.05) is 29.3 Å². The predicted molar refractivity (Wildman–Crippen MR) is 60.6 cm³/mol. The average molecular weight is 256 g/mol. The Kier molecular flexibility index (Phi) is 3.54. The van der Waals surface area contributed by atoms with Crippen LogP contribution >= 0.6 is 23.2 Å². The lowest BCUT2D eigenvalue weighted by Gasteiger charge is -2.03. The van der Waals surface area contributed by atoms with Crippen LogP contribution in [-0.2, 0) is 6.61 Å². The molecule has 16 heavy (non-hydrogen) atoms. The summed E-state index contributed by atoms with van der Waals surface area (Å²) in [6, 6.07) is 7.12. The van der Waals surface area contributed by atoms with Crippen LogP contribution < -0.4 is 4.74 Å². The zero-order valence-corrected chi connectivity index (χ0v) is 9.61. The minimum atomic E-state index is 0.142. The van der Waals surface area contributed by atoms with Gasteiger partial charge in [0.2, 0.25) is 0 Å². The summed E-state index contributed by atoms with van der Waals surface area (Å²) in [4.78, 5) is 11.8. The maximum Gasteiger partial charge on any atom is 0.319 e. The molecule has 0 aromatic carbocycles. The lowest BCUT2D eigenvalue weighted by molar-refractivity contribution is 0.276. The fourth-order valence-corrected chi connectivity index (χ4v) is 1.46. The molecule has 0 amide bonds. The minimum Gasteiger partial charge on any atom is -0.457 e. The van der Waals surface area contributed by atoms with Crippen molar-refractivity contribution in [3.05, 3.63) is 46.5 Å². The third-order valence-corrected chi connectivity index (χ3v) is 2.11. The molecule has 2 rings (SSSR count). The highest BCUT2D eigenvalue weighted by atomic mass is 35.5. The molecule has 0 radical (unpaired) electrons. The molecule has 6 heteroatoms. The van der Waals surface area contributed by atoms with Crippen molar-refractivity contribution in [3.8, 4) is 6.01 Å². The smallest absolute Gasteiger partial charge is 0.319 e. The molecule has 0 N–H and O–H groups in total. The Labute approximate surface area is 102 Å². The van der Waals surface area contributed by atoms with Gasteiger partial charge < -0.3 is 4.74 Å². The molecule has 2 aromatic heterocycles. The van der Waals surface area contributed by atoms with E-state index in [1.54, 1.807) is 6.20 Å². The second kappa shape index (κ2) is 5.09. The summed E-state index contributed by atoms with van der Waals surface area (Å²) in [5, 5.41) is 0.493. The summed E-state index contributed by atoms with van der Waals surface area (Å²) < 4.78 is 5.30. The van der Waals surface area contributed by atoms with Crippen molar-refractivity contribution in [2.24, 2.45) is 0 Å². The van der Waals surface area contributed by atoms with Gasteiger partial charge in [0.1, 0.15) is 16.9 Å². The third-order valence-electron chi connectivity index (χ3n) is 1.72. The van der Waals surface area contributed by atoms with Gasteiger partial charge in [-0.2, -0.15) is 9.97 Å². The first-order valence-electron chi connectivity index (χ1n) is 4.47. The quantitative estimate of drug-likeness (QED) is 0.792. The van der Waals surface area contributed by atoms with Crippen LogP contribution in [0.3, 0.4) is 0 Å². The van der Waals surface area contributed by atoms with E-state index in [9.17, 15) is 0 Å². The lowest BCUT2D eigenvalue weighted by atomic mass is 10.4. The van der Waals surface area contributed by atoms with Crippen molar-refractivity contribution >= 4 is 23.2 Å². The second-order valence-electron chi connectivity index (χ2n) is 2.91. The molecule has 2 aromatic rings. The van der Waals surface area contributed by atoms with Gasteiger partial charge in [-0.3, -0.25) is 4.98 Å². The molecule has 0 spiro atoms. The molecule has 0 saturated carbocycles. The molecule has 0 fully saturated rings. The molecule has 0 aliphatic carbocycles. The van der Waals surface area contributed by atoms with Crippen LogP contribution in [0.25, 0.3) is 0 Å². The fraction of sp³-hybridized carbons (Fsp3) is 0.100. The zero-order chi connectivity index (χ0) is 11.4. The number of aromatic nitrogens is 3. The van der Waals surface area contributed by atoms with Gasteiger partial charge in [-0.15, -0.1) is 0 Å². The maximum absolute atomic E-state index is 5.70. The van der Waals surface area contributed by atoms with Crippen molar-refractivity contribution < 1.29 is 4.74 Å². The van der Waals surface area contributed by atoms with E-state index >= 15 is 0 Å². The first-order chi connectivity index (χ1) is 7.74. The Bertz CT molecular complexity index is 458. The highest BCUT2D eigenvalue weighted by Gasteiger charge is 2.03. The summed E-state index contributed by atoms with van der Waals surface area (Å²) in [7, 11) is 0. The van der Waals surface area contributed by atoms with E-state index in [0.717, 1.165) is 5.69 Å². The van der Waals surface area contributed by atoms with Gasteiger partial charge in [0, 0.05) is 12.3 Å². The van der Waals surface area contributed by atoms with Crippen LogP contribution in [0.5, 0.6) is 6.01 Å². The molecular formula is C10H7Cl2N3O. The topological polar surface area (TPSA) is 47.9 Å². The monoisotopic (exact) mass is 255 g/mol. The number of halogens is 2. The average Bonchev–Trinajstić information content (AvgIpc) is 2.27. The van der Waals surface area contributed by atoms with Crippen molar-refractivity contribution in [3.63, 3.8) is 0 Å². The van der Waals surface area contributed by atoms with Gasteiger partial charge in [0.05, 0.1) is 5.69 Å². The molecule has 82 valence electrons. The van der Waals surface area contributed by atoms with Crippen molar-refractivity contribution in [1.82, 2.24) is 15.0 Å². The highest BCUT2D eigenvalue weighted by molar-refractivity contribution is 6.33. The van der Waals surface area contributed by atoms with Crippen LogP contribution in [0.4, 0.5) is 0 Å². The van der Waals surface area contributed by atoms with E-state index in [0.29, 0.717) is 0 Å². The normalized spacial score (nSPS) is 10.1. The van der Waals surface area contributed by atoms with Gasteiger partial charge in [-0.25, -0.2) is 0 Å². The molecule has 0 saturated heterocycles. The summed E-state index contributed by atoms with van der Waals surface area (Å²) in [6.07, 6.45) is 1.69. The largest absolute Gasteiger partial charge is 0.457 e. The van der Waals surface area contributed by atoms with E-state index < -0.39 is 0 Å². The van der Waals surface area contributed by atoms with E-state index in [4.69, 9.17) is 27.9 Å². The van der Waals surface area contributed by atoms with E-state index in [1.807, 2.05) is 18.2 Å². The summed E-state index contributed by atoms with van der Waals surface area (Å²) in [6.45, 7) is 0.275. The molecule has 0 aliphatic rings. The molecule has 2 heterocycles. The molecular weight excluding hydrogens is 249 g/mol. The fourth-order valence-electron chi connectivity index (χ4n) is 1.06. The Morgan fingerprint density at radius 1 is 1.12 bits per heavy atom. The SMILES string of the molecule is Clc1cc(Cl)nc(OCc2ccccn2)n1. The van der Waals surface area contributed by atoms with Crippen LogP contribution in [0.2, 0.25) is 10.3 Å². The Hall–Kier alpha value is -1.39. The first kappa shape index (κ1) is 11.1. The molecule has 0 bridgehead atoms. The standard InChI is InChI=1S/C10H7Cl2N3O/c11-8-5-9(12)15-10(14-8)16-6-7-3-1-2-4-13-7/h1-5H,6H2. The lowest BCUT2D eigenvalue weighted by Crippen LogP contribution is -2.01. The molecule has 0 unspecified atom stereocenters. The zero-order valence-electron chi connectivity index (χ0n) is 8.10. The van der Waals surface area contributed by atoms with Gasteiger partial charge >= 0.3 is 6.01 Å². The number of nitrogens with zero attached hydrogens (tertiary/aromatic N) is 3. The number of ether oxygens (including phenoxy) is 1. The molecule has 4 nitrogen and oxygen atoms in total. The van der Waals surface area contributed by atoms with Crippen LogP contribution in [0.1, 0.15) is 5.69 Å².